The van der Waals surface area contributed by atoms with Crippen LogP contribution in [-0.2, 0) is 11.8 Å². The third kappa shape index (κ3) is 4.70. The summed E-state index contributed by atoms with van der Waals surface area (Å²) >= 11 is 0. The summed E-state index contributed by atoms with van der Waals surface area (Å²) in [5.74, 6) is -0.192. The van der Waals surface area contributed by atoms with Crippen LogP contribution in [0.15, 0.2) is 36.7 Å². The number of para-hydroxylation sites is 2. The molecule has 2 N–H and O–H groups in total. The Morgan fingerprint density at radius 3 is 2.88 bits per heavy atom. The van der Waals surface area contributed by atoms with Crippen molar-refractivity contribution >= 4 is 24.0 Å². The number of anilines is 1. The molecule has 1 fully saturated rings. The van der Waals surface area contributed by atoms with Gasteiger partial charge in [-0.05, 0) is 17.7 Å². The Bertz CT molecular complexity index is 741. The van der Waals surface area contributed by atoms with Crippen LogP contribution < -0.4 is 15.4 Å². The van der Waals surface area contributed by atoms with Gasteiger partial charge in [-0.15, -0.1) is 12.4 Å². The third-order valence-electron chi connectivity index (χ3n) is 4.21. The molecule has 9 heteroatoms. The van der Waals surface area contributed by atoms with Crippen molar-refractivity contribution in [3.8, 4) is 5.75 Å². The molecule has 1 aliphatic heterocycles. The molecule has 0 unspecified atom stereocenters. The normalized spacial score (nSPS) is 19.2. The Balaban J connectivity index is 0.00000243. The number of nitrogens with one attached hydrogen (secondary N) is 2. The van der Waals surface area contributed by atoms with Crippen LogP contribution in [0, 0.1) is 5.92 Å². The van der Waals surface area contributed by atoms with Crippen LogP contribution in [0.2, 0.25) is 0 Å². The van der Waals surface area contributed by atoms with Crippen LogP contribution in [0.5, 0.6) is 5.75 Å². The standard InChI is InChI=1S/C17H20F2N4O2.ClH/c1-23-9-11(6-21-23)12-7-20-8-13(12)17(24)22-14-4-2-3-5-15(14)25-10-16(18)19;/h2-6,9,12-13,16,20H,7-8,10H2,1H3,(H,22,24);1H/t12-,13+;/m1./s1. The minimum absolute atomic E-state index is 0. The van der Waals surface area contributed by atoms with Crippen molar-refractivity contribution in [2.24, 2.45) is 13.0 Å². The van der Waals surface area contributed by atoms with E-state index in [1.165, 1.54) is 0 Å². The van der Waals surface area contributed by atoms with Crippen molar-refractivity contribution in [2.75, 3.05) is 25.0 Å². The van der Waals surface area contributed by atoms with Crippen LogP contribution >= 0.6 is 12.4 Å². The smallest absolute Gasteiger partial charge is 0.272 e. The number of alkyl halides is 2. The molecule has 6 nitrogen and oxygen atoms in total. The number of nitrogens with zero attached hydrogens (tertiary/aromatic N) is 2. The number of hydrogen-bond acceptors (Lipinski definition) is 4. The molecule has 1 amide bonds. The zero-order chi connectivity index (χ0) is 17.8. The molecule has 0 aliphatic carbocycles. The fraction of sp³-hybridized carbons (Fsp3) is 0.412. The van der Waals surface area contributed by atoms with E-state index in [1.54, 1.807) is 35.1 Å². The topological polar surface area (TPSA) is 68.2 Å². The summed E-state index contributed by atoms with van der Waals surface area (Å²) in [7, 11) is 1.83. The Kier molecular flexibility index (Phi) is 6.93. The quantitative estimate of drug-likeness (QED) is 0.800. The fourth-order valence-corrected chi connectivity index (χ4v) is 3.01. The number of amides is 1. The number of benzene rings is 1. The lowest BCUT2D eigenvalue weighted by Crippen LogP contribution is -2.28. The number of halogens is 3. The number of carbonyl (C=O) groups is 1. The second-order valence-corrected chi connectivity index (χ2v) is 6.01. The van der Waals surface area contributed by atoms with E-state index in [1.807, 2.05) is 13.2 Å². The highest BCUT2D eigenvalue weighted by Gasteiger charge is 2.35. The van der Waals surface area contributed by atoms with Crippen LogP contribution in [0.4, 0.5) is 14.5 Å². The Labute approximate surface area is 156 Å². The predicted octanol–water partition coefficient (Wildman–Crippen LogP) is 2.43. The van der Waals surface area contributed by atoms with Gasteiger partial charge in [-0.1, -0.05) is 12.1 Å². The van der Waals surface area contributed by atoms with Crippen molar-refractivity contribution in [3.05, 3.63) is 42.2 Å². The van der Waals surface area contributed by atoms with Gasteiger partial charge in [0.25, 0.3) is 6.43 Å². The van der Waals surface area contributed by atoms with Gasteiger partial charge in [0, 0.05) is 32.3 Å². The second-order valence-electron chi connectivity index (χ2n) is 6.01. The minimum Gasteiger partial charge on any atom is -0.485 e. The summed E-state index contributed by atoms with van der Waals surface area (Å²) in [6.45, 7) is 0.523. The molecule has 2 atom stereocenters. The van der Waals surface area contributed by atoms with Crippen LogP contribution in [0.1, 0.15) is 11.5 Å². The molecule has 2 heterocycles. The zero-order valence-corrected chi connectivity index (χ0v) is 15.0. The van der Waals surface area contributed by atoms with E-state index in [4.69, 9.17) is 4.74 Å². The van der Waals surface area contributed by atoms with E-state index in [0.717, 1.165) is 5.56 Å². The first-order chi connectivity index (χ1) is 12.0. The number of carbonyl (C=O) groups excluding carboxylic acids is 1. The van der Waals surface area contributed by atoms with E-state index in [9.17, 15) is 13.6 Å². The van der Waals surface area contributed by atoms with E-state index in [0.29, 0.717) is 18.8 Å². The fourth-order valence-electron chi connectivity index (χ4n) is 3.01. The lowest BCUT2D eigenvalue weighted by atomic mass is 9.90. The largest absolute Gasteiger partial charge is 0.485 e. The van der Waals surface area contributed by atoms with E-state index < -0.39 is 13.0 Å². The lowest BCUT2D eigenvalue weighted by molar-refractivity contribution is -0.119. The summed E-state index contributed by atoms with van der Waals surface area (Å²) in [6.07, 6.45) is 1.09. The molecule has 1 aromatic heterocycles. The van der Waals surface area contributed by atoms with Crippen molar-refractivity contribution in [2.45, 2.75) is 12.3 Å². The van der Waals surface area contributed by atoms with Gasteiger partial charge in [0.2, 0.25) is 5.91 Å². The maximum atomic E-state index is 12.7. The van der Waals surface area contributed by atoms with Gasteiger partial charge in [0.15, 0.2) is 0 Å². The van der Waals surface area contributed by atoms with E-state index >= 15 is 0 Å². The molecular formula is C17H21ClF2N4O2. The molecule has 1 aliphatic rings. The van der Waals surface area contributed by atoms with Gasteiger partial charge in [0.1, 0.15) is 12.4 Å². The number of hydrogen-bond donors (Lipinski definition) is 2. The molecule has 3 rings (SSSR count). The Morgan fingerprint density at radius 1 is 1.42 bits per heavy atom. The van der Waals surface area contributed by atoms with E-state index in [2.05, 4.69) is 15.7 Å². The number of ether oxygens (including phenoxy) is 1. The third-order valence-corrected chi connectivity index (χ3v) is 4.21. The molecule has 0 saturated carbocycles. The van der Waals surface area contributed by atoms with Crippen LogP contribution in [0.3, 0.4) is 0 Å². The van der Waals surface area contributed by atoms with Crippen molar-refractivity contribution in [1.29, 1.82) is 0 Å². The lowest BCUT2D eigenvalue weighted by Gasteiger charge is -2.18. The van der Waals surface area contributed by atoms with Crippen LogP contribution in [-0.4, -0.2) is 41.8 Å². The van der Waals surface area contributed by atoms with Gasteiger partial charge in [-0.2, -0.15) is 5.10 Å². The average molecular weight is 387 g/mol. The van der Waals surface area contributed by atoms with Crippen LogP contribution in [0.25, 0.3) is 0 Å². The molecule has 0 spiro atoms. The zero-order valence-electron chi connectivity index (χ0n) is 14.2. The SMILES string of the molecule is Cl.Cn1cc([C@H]2CNC[C@@H]2C(=O)Nc2ccccc2OCC(F)F)cn1. The minimum atomic E-state index is -2.57. The second kappa shape index (κ2) is 8.95. The molecule has 26 heavy (non-hydrogen) atoms. The molecule has 0 radical (unpaired) electrons. The number of aromatic nitrogens is 2. The number of aryl methyl sites for hydroxylation is 1. The first-order valence-electron chi connectivity index (χ1n) is 8.04. The van der Waals surface area contributed by atoms with Gasteiger partial charge < -0.3 is 15.4 Å². The van der Waals surface area contributed by atoms with Crippen molar-refractivity contribution < 1.29 is 18.3 Å². The average Bonchev–Trinajstić information content (AvgIpc) is 3.22. The number of rotatable bonds is 6. The van der Waals surface area contributed by atoms with Gasteiger partial charge in [-0.25, -0.2) is 8.78 Å². The summed E-state index contributed by atoms with van der Waals surface area (Å²) in [5, 5.41) is 10.2. The summed E-state index contributed by atoms with van der Waals surface area (Å²) in [6, 6.07) is 6.59. The van der Waals surface area contributed by atoms with Crippen molar-refractivity contribution in [3.63, 3.8) is 0 Å². The monoisotopic (exact) mass is 386 g/mol. The molecule has 2 aromatic rings. The van der Waals surface area contributed by atoms with E-state index in [-0.39, 0.29) is 35.9 Å². The van der Waals surface area contributed by atoms with Gasteiger partial charge in [-0.3, -0.25) is 9.48 Å². The maximum Gasteiger partial charge on any atom is 0.272 e. The highest BCUT2D eigenvalue weighted by molar-refractivity contribution is 5.95. The Hall–Kier alpha value is -2.19. The summed E-state index contributed by atoms with van der Waals surface area (Å²) < 4.78 is 31.5. The first-order valence-corrected chi connectivity index (χ1v) is 8.04. The summed E-state index contributed by atoms with van der Waals surface area (Å²) in [5.41, 5.74) is 1.39. The summed E-state index contributed by atoms with van der Waals surface area (Å²) in [4.78, 5) is 12.7. The Morgan fingerprint density at radius 2 is 2.19 bits per heavy atom. The van der Waals surface area contributed by atoms with Gasteiger partial charge >= 0.3 is 0 Å². The van der Waals surface area contributed by atoms with Gasteiger partial charge in [0.05, 0.1) is 17.8 Å². The molecule has 1 aromatic carbocycles. The predicted molar refractivity (Wildman–Crippen MR) is 96.1 cm³/mol. The first kappa shape index (κ1) is 20.1. The molecule has 0 bridgehead atoms. The molecule has 142 valence electrons. The highest BCUT2D eigenvalue weighted by Crippen LogP contribution is 2.30. The molecular weight excluding hydrogens is 366 g/mol. The highest BCUT2D eigenvalue weighted by atomic mass is 35.5. The van der Waals surface area contributed by atoms with Crippen molar-refractivity contribution in [1.82, 2.24) is 15.1 Å². The molecule has 1 saturated heterocycles. The maximum absolute atomic E-state index is 12.7.